The molecule has 0 radical (unpaired) electrons. The Morgan fingerprint density at radius 1 is 0.667 bits per heavy atom. The molecule has 0 aliphatic rings. The normalized spacial score (nSPS) is 13.4. The summed E-state index contributed by atoms with van der Waals surface area (Å²) in [5.74, 6) is -0.987. The monoisotopic (exact) mass is 689 g/mol. The minimum Gasteiger partial charge on any atom is -0.466 e. The van der Waals surface area contributed by atoms with Crippen LogP contribution in [-0.4, -0.2) is 24.0 Å². The fourth-order valence-corrected chi connectivity index (χ4v) is 5.39. The van der Waals surface area contributed by atoms with Crippen molar-refractivity contribution < 1.29 is 49.0 Å². The second-order valence-corrected chi connectivity index (χ2v) is 12.8. The van der Waals surface area contributed by atoms with E-state index in [0.29, 0.717) is 53.8 Å². The molecular formula is C36H40F9NO2. The molecule has 0 heterocycles. The second kappa shape index (κ2) is 15.8. The van der Waals surface area contributed by atoms with Crippen molar-refractivity contribution in [3.05, 3.63) is 94.0 Å². The number of hydrogen-bond acceptors (Lipinski definition) is 3. The van der Waals surface area contributed by atoms with Crippen molar-refractivity contribution in [3.63, 3.8) is 0 Å². The summed E-state index contributed by atoms with van der Waals surface area (Å²) in [5, 5.41) is 0. The van der Waals surface area contributed by atoms with Crippen LogP contribution in [0.3, 0.4) is 0 Å². The Kier molecular flexibility index (Phi) is 12.8. The smallest absolute Gasteiger partial charge is 0.416 e. The summed E-state index contributed by atoms with van der Waals surface area (Å²) in [4.78, 5) is 14.8. The highest BCUT2D eigenvalue weighted by molar-refractivity contribution is 5.79. The zero-order chi connectivity index (χ0) is 36.0. The van der Waals surface area contributed by atoms with Crippen molar-refractivity contribution in [2.45, 2.75) is 85.0 Å². The Hall–Kier alpha value is -3.54. The van der Waals surface area contributed by atoms with E-state index in [4.69, 9.17) is 4.74 Å². The van der Waals surface area contributed by atoms with Crippen LogP contribution in [-0.2, 0) is 41.1 Å². The van der Waals surface area contributed by atoms with E-state index < -0.39 is 47.1 Å². The molecule has 12 heteroatoms. The number of alkyl halides is 9. The number of nitrogens with zero attached hydrogens (tertiary/aromatic N) is 1. The summed E-state index contributed by atoms with van der Waals surface area (Å²) in [7, 11) is 0. The maximum atomic E-state index is 13.6. The molecule has 1 atom stereocenters. The molecule has 3 aromatic rings. The van der Waals surface area contributed by atoms with Crippen LogP contribution in [0.15, 0.2) is 60.7 Å². The van der Waals surface area contributed by atoms with Crippen molar-refractivity contribution in [2.24, 2.45) is 11.8 Å². The second-order valence-electron chi connectivity index (χ2n) is 12.8. The number of carbonyl (C=O) groups is 1. The summed E-state index contributed by atoms with van der Waals surface area (Å²) in [5.41, 5.74) is -1.79. The molecule has 0 aliphatic carbocycles. The molecule has 0 amide bonds. The average molecular weight is 690 g/mol. The zero-order valence-electron chi connectivity index (χ0n) is 27.4. The first-order chi connectivity index (χ1) is 22.2. The lowest BCUT2D eigenvalue weighted by molar-refractivity contribution is -0.145. The number of hydrogen-bond donors (Lipinski definition) is 0. The van der Waals surface area contributed by atoms with E-state index in [0.717, 1.165) is 12.1 Å². The largest absolute Gasteiger partial charge is 0.466 e. The molecular weight excluding hydrogens is 649 g/mol. The molecule has 1 unspecified atom stereocenters. The lowest BCUT2D eigenvalue weighted by Gasteiger charge is -2.26. The highest BCUT2D eigenvalue weighted by Crippen LogP contribution is 2.38. The van der Waals surface area contributed by atoms with E-state index in [-0.39, 0.29) is 43.2 Å². The third-order valence-corrected chi connectivity index (χ3v) is 7.72. The van der Waals surface area contributed by atoms with Crippen molar-refractivity contribution in [3.8, 4) is 11.1 Å². The van der Waals surface area contributed by atoms with Gasteiger partial charge in [0.05, 0.1) is 29.2 Å². The Bertz CT molecular complexity index is 1480. The van der Waals surface area contributed by atoms with Crippen LogP contribution in [0.1, 0.15) is 86.8 Å². The van der Waals surface area contributed by atoms with Gasteiger partial charge in [0.15, 0.2) is 0 Å². The van der Waals surface area contributed by atoms with E-state index in [2.05, 4.69) is 0 Å². The summed E-state index contributed by atoms with van der Waals surface area (Å²) < 4.78 is 127. The molecule has 0 spiro atoms. The predicted molar refractivity (Wildman–Crippen MR) is 166 cm³/mol. The van der Waals surface area contributed by atoms with Crippen LogP contribution in [0.5, 0.6) is 0 Å². The fraction of sp³-hybridized carbons (Fsp3) is 0.472. The minimum absolute atomic E-state index is 0.0591. The van der Waals surface area contributed by atoms with Crippen molar-refractivity contribution in [1.82, 2.24) is 4.90 Å². The minimum atomic E-state index is -5.00. The number of rotatable bonds is 13. The summed E-state index contributed by atoms with van der Waals surface area (Å²) in [6.45, 7) is 9.65. The Labute approximate surface area is 275 Å². The maximum absolute atomic E-state index is 13.6. The lowest BCUT2D eigenvalue weighted by atomic mass is 9.87. The highest BCUT2D eigenvalue weighted by Gasteiger charge is 2.37. The SMILES string of the molecule is CCOC(=O)C(CC(C)C)c1cc(CN(CCC(C)C)Cc2cc(C(F)(F)F)cc(C(F)(F)F)c2)cc(-c2ccc(C(F)(F)F)cc2)c1. The third kappa shape index (κ3) is 11.3. The first kappa shape index (κ1) is 38.9. The van der Waals surface area contributed by atoms with Crippen LogP contribution in [0.4, 0.5) is 39.5 Å². The first-order valence-corrected chi connectivity index (χ1v) is 15.7. The molecule has 48 heavy (non-hydrogen) atoms. The number of halogens is 9. The van der Waals surface area contributed by atoms with Crippen LogP contribution < -0.4 is 0 Å². The fourth-order valence-electron chi connectivity index (χ4n) is 5.39. The molecule has 3 nitrogen and oxygen atoms in total. The van der Waals surface area contributed by atoms with Gasteiger partial charge in [0.25, 0.3) is 0 Å². The molecule has 264 valence electrons. The number of ether oxygens (including phenoxy) is 1. The van der Waals surface area contributed by atoms with Gasteiger partial charge >= 0.3 is 24.5 Å². The Morgan fingerprint density at radius 2 is 1.19 bits per heavy atom. The van der Waals surface area contributed by atoms with Crippen molar-refractivity contribution in [1.29, 1.82) is 0 Å². The molecule has 0 fully saturated rings. The third-order valence-electron chi connectivity index (χ3n) is 7.72. The van der Waals surface area contributed by atoms with E-state index in [1.165, 1.54) is 12.1 Å². The predicted octanol–water partition coefficient (Wildman–Crippen LogP) is 11.2. The maximum Gasteiger partial charge on any atom is 0.416 e. The first-order valence-electron chi connectivity index (χ1n) is 15.7. The standard InChI is InChI=1S/C36H40F9NO2/c1-6-48-33(47)32(13-23(4)5)28-15-24(14-27(18-28)26-7-9-29(10-8-26)34(37,38)39)20-46(12-11-22(2)3)21-25-16-30(35(40,41)42)19-31(17-25)36(43,44)45/h7-10,14-19,22-23,32H,6,11-13,20-21H2,1-5H3. The van der Waals surface area contributed by atoms with Crippen LogP contribution >= 0.6 is 0 Å². The molecule has 0 N–H and O–H groups in total. The number of esters is 1. The van der Waals surface area contributed by atoms with Gasteiger partial charge in [-0.1, -0.05) is 52.0 Å². The van der Waals surface area contributed by atoms with Crippen LogP contribution in [0.25, 0.3) is 11.1 Å². The van der Waals surface area contributed by atoms with Gasteiger partial charge in [-0.15, -0.1) is 0 Å². The Balaban J connectivity index is 2.15. The van der Waals surface area contributed by atoms with Crippen molar-refractivity contribution >= 4 is 5.97 Å². The summed E-state index contributed by atoms with van der Waals surface area (Å²) in [6.07, 6.45) is -13.6. The molecule has 0 saturated carbocycles. The number of benzene rings is 3. The van der Waals surface area contributed by atoms with Gasteiger partial charge in [0, 0.05) is 13.1 Å². The summed E-state index contributed by atoms with van der Waals surface area (Å²) >= 11 is 0. The molecule has 0 aromatic heterocycles. The van der Waals surface area contributed by atoms with Gasteiger partial charge in [0.2, 0.25) is 0 Å². The topological polar surface area (TPSA) is 29.5 Å². The van der Waals surface area contributed by atoms with E-state index >= 15 is 0 Å². The van der Waals surface area contributed by atoms with Crippen molar-refractivity contribution in [2.75, 3.05) is 13.2 Å². The van der Waals surface area contributed by atoms with Crippen LogP contribution in [0.2, 0.25) is 0 Å². The lowest BCUT2D eigenvalue weighted by Crippen LogP contribution is -2.26. The van der Waals surface area contributed by atoms with Gasteiger partial charge in [-0.25, -0.2) is 0 Å². The summed E-state index contributed by atoms with van der Waals surface area (Å²) in [6, 6.07) is 11.2. The molecule has 3 aromatic carbocycles. The Morgan fingerprint density at radius 3 is 1.65 bits per heavy atom. The molecule has 0 saturated heterocycles. The highest BCUT2D eigenvalue weighted by atomic mass is 19.4. The van der Waals surface area contributed by atoms with Gasteiger partial charge in [-0.3, -0.25) is 9.69 Å². The van der Waals surface area contributed by atoms with E-state index in [1.807, 2.05) is 27.7 Å². The van der Waals surface area contributed by atoms with E-state index in [9.17, 15) is 44.3 Å². The van der Waals surface area contributed by atoms with Gasteiger partial charge in [-0.2, -0.15) is 39.5 Å². The molecule has 3 rings (SSSR count). The van der Waals surface area contributed by atoms with E-state index in [1.54, 1.807) is 30.0 Å². The van der Waals surface area contributed by atoms with Gasteiger partial charge in [0.1, 0.15) is 0 Å². The van der Waals surface area contributed by atoms with Gasteiger partial charge in [-0.05, 0) is 102 Å². The molecule has 0 aliphatic heterocycles. The van der Waals surface area contributed by atoms with Crippen LogP contribution in [0, 0.1) is 11.8 Å². The number of carbonyl (C=O) groups excluding carboxylic acids is 1. The zero-order valence-corrected chi connectivity index (χ0v) is 27.4. The van der Waals surface area contributed by atoms with Gasteiger partial charge < -0.3 is 4.74 Å². The molecule has 0 bridgehead atoms. The quantitative estimate of drug-likeness (QED) is 0.132. The average Bonchev–Trinajstić information content (AvgIpc) is 2.97.